The Bertz CT molecular complexity index is 312. The van der Waals surface area contributed by atoms with Crippen LogP contribution >= 0.6 is 48.8 Å². The first-order chi connectivity index (χ1) is 8.41. The van der Waals surface area contributed by atoms with Crippen LogP contribution in [0.3, 0.4) is 0 Å². The van der Waals surface area contributed by atoms with E-state index in [0.29, 0.717) is 10.5 Å². The van der Waals surface area contributed by atoms with Crippen molar-refractivity contribution in [2.45, 2.75) is 70.8 Å². The van der Waals surface area contributed by atoms with Crippen molar-refractivity contribution in [2.24, 2.45) is 0 Å². The molecule has 2 aliphatic heterocycles. The van der Waals surface area contributed by atoms with Gasteiger partial charge in [-0.25, -0.2) is 0 Å². The summed E-state index contributed by atoms with van der Waals surface area (Å²) in [4.78, 5) is -0.0706. The zero-order valence-corrected chi connectivity index (χ0v) is 14.1. The van der Waals surface area contributed by atoms with Gasteiger partial charge in [0.05, 0.1) is 0 Å². The van der Waals surface area contributed by atoms with Crippen LogP contribution in [0.25, 0.3) is 0 Å². The summed E-state index contributed by atoms with van der Waals surface area (Å²) in [6.45, 7) is 4.31. The van der Waals surface area contributed by atoms with Crippen molar-refractivity contribution in [3.05, 3.63) is 0 Å². The minimum atomic E-state index is -0.0353. The molecule has 6 unspecified atom stereocenters. The summed E-state index contributed by atoms with van der Waals surface area (Å²) in [6.07, 6.45) is 5.19. The Morgan fingerprint density at radius 2 is 1.33 bits per heavy atom. The standard InChI is InChI=1S/C12H20O2S4/c1-11(9(15)13-11)17-7-4-3-5-8(6-7)18-12(2)10(16)14-12/h7-10,15-16H,3-6H2,1-2H3. The molecule has 3 fully saturated rings. The molecule has 1 aliphatic carbocycles. The van der Waals surface area contributed by atoms with Crippen LogP contribution in [0.1, 0.15) is 39.5 Å². The molecule has 0 aromatic rings. The van der Waals surface area contributed by atoms with Crippen LogP contribution in [0.5, 0.6) is 0 Å². The Morgan fingerprint density at radius 1 is 0.944 bits per heavy atom. The van der Waals surface area contributed by atoms with Crippen molar-refractivity contribution >= 4 is 48.8 Å². The van der Waals surface area contributed by atoms with E-state index in [2.05, 4.69) is 39.1 Å². The number of rotatable bonds is 4. The fourth-order valence-electron chi connectivity index (χ4n) is 2.53. The molecule has 0 spiro atoms. The van der Waals surface area contributed by atoms with Crippen LogP contribution in [0.15, 0.2) is 0 Å². The molecule has 2 nitrogen and oxygen atoms in total. The van der Waals surface area contributed by atoms with Gasteiger partial charge in [0.1, 0.15) is 20.7 Å². The Labute approximate surface area is 129 Å². The summed E-state index contributed by atoms with van der Waals surface area (Å²) in [6, 6.07) is 0. The van der Waals surface area contributed by atoms with Crippen molar-refractivity contribution in [1.82, 2.24) is 0 Å². The van der Waals surface area contributed by atoms with Crippen LogP contribution in [0.2, 0.25) is 0 Å². The number of ether oxygens (including phenoxy) is 2. The molecule has 3 rings (SSSR count). The molecule has 0 amide bonds. The maximum absolute atomic E-state index is 5.56. The predicted octanol–water partition coefficient (Wildman–Crippen LogP) is 3.77. The van der Waals surface area contributed by atoms with E-state index >= 15 is 0 Å². The third-order valence-corrected chi connectivity index (χ3v) is 8.48. The second kappa shape index (κ2) is 4.95. The largest absolute Gasteiger partial charge is 0.343 e. The van der Waals surface area contributed by atoms with Gasteiger partial charge in [0, 0.05) is 10.5 Å². The third-order valence-electron chi connectivity index (χ3n) is 3.85. The average Bonchev–Trinajstić information content (AvgIpc) is 3.05. The lowest BCUT2D eigenvalue weighted by Gasteiger charge is -2.30. The zero-order valence-electron chi connectivity index (χ0n) is 10.7. The quantitative estimate of drug-likeness (QED) is 0.607. The van der Waals surface area contributed by atoms with E-state index in [9.17, 15) is 0 Å². The molecule has 1 saturated carbocycles. The molecule has 0 aromatic heterocycles. The van der Waals surface area contributed by atoms with Gasteiger partial charge >= 0.3 is 0 Å². The summed E-state index contributed by atoms with van der Waals surface area (Å²) in [7, 11) is 0. The van der Waals surface area contributed by atoms with Crippen LogP contribution in [0.4, 0.5) is 0 Å². The molecular formula is C12H20O2S4. The van der Waals surface area contributed by atoms with Gasteiger partial charge < -0.3 is 9.47 Å². The van der Waals surface area contributed by atoms with E-state index in [1.54, 1.807) is 0 Å². The maximum atomic E-state index is 5.56. The number of epoxide rings is 2. The van der Waals surface area contributed by atoms with Crippen LogP contribution in [0, 0.1) is 0 Å². The van der Waals surface area contributed by atoms with Crippen molar-refractivity contribution in [1.29, 1.82) is 0 Å². The third kappa shape index (κ3) is 2.98. The van der Waals surface area contributed by atoms with Gasteiger partial charge in [-0.2, -0.15) is 0 Å². The molecular weight excluding hydrogens is 304 g/mol. The van der Waals surface area contributed by atoms with Crippen molar-refractivity contribution in [3.63, 3.8) is 0 Å². The second-order valence-corrected chi connectivity index (χ2v) is 9.98. The Kier molecular flexibility index (Phi) is 3.92. The Balaban J connectivity index is 1.50. The highest BCUT2D eigenvalue weighted by Gasteiger charge is 2.54. The molecule has 0 radical (unpaired) electrons. The highest BCUT2D eigenvalue weighted by molar-refractivity contribution is 8.03. The number of thioether (sulfide) groups is 2. The lowest BCUT2D eigenvalue weighted by Crippen LogP contribution is -2.24. The molecule has 0 bridgehead atoms. The van der Waals surface area contributed by atoms with Crippen LogP contribution < -0.4 is 0 Å². The van der Waals surface area contributed by atoms with E-state index in [1.807, 2.05) is 23.5 Å². The summed E-state index contributed by atoms with van der Waals surface area (Å²) in [5.41, 5.74) is 0.253. The number of hydrogen-bond acceptors (Lipinski definition) is 6. The molecule has 2 heterocycles. The van der Waals surface area contributed by atoms with Gasteiger partial charge in [0.15, 0.2) is 0 Å². The monoisotopic (exact) mass is 324 g/mol. The van der Waals surface area contributed by atoms with Crippen molar-refractivity contribution < 1.29 is 9.47 Å². The molecule has 0 aromatic carbocycles. The highest BCUT2D eigenvalue weighted by atomic mass is 32.2. The summed E-state index contributed by atoms with van der Waals surface area (Å²) in [5.74, 6) is 0. The number of thiol groups is 2. The fourth-order valence-corrected chi connectivity index (χ4v) is 6.68. The molecule has 104 valence electrons. The first-order valence-electron chi connectivity index (χ1n) is 6.49. The normalized spacial score (nSPS) is 55.3. The first kappa shape index (κ1) is 14.3. The molecule has 18 heavy (non-hydrogen) atoms. The predicted molar refractivity (Wildman–Crippen MR) is 85.8 cm³/mol. The zero-order chi connectivity index (χ0) is 13.0. The van der Waals surface area contributed by atoms with Gasteiger partial charge in [0.2, 0.25) is 0 Å². The van der Waals surface area contributed by atoms with E-state index in [0.717, 1.165) is 0 Å². The van der Waals surface area contributed by atoms with E-state index in [4.69, 9.17) is 9.47 Å². The van der Waals surface area contributed by atoms with E-state index < -0.39 is 0 Å². The second-order valence-electron chi connectivity index (χ2n) is 5.62. The molecule has 3 aliphatic rings. The maximum Gasteiger partial charge on any atom is 0.148 e. The number of hydrogen-bond donors (Lipinski definition) is 2. The molecule has 6 heteroatoms. The van der Waals surface area contributed by atoms with E-state index in [1.165, 1.54) is 25.7 Å². The van der Waals surface area contributed by atoms with Gasteiger partial charge in [-0.05, 0) is 33.1 Å². The summed E-state index contributed by atoms with van der Waals surface area (Å²) < 4.78 is 11.1. The summed E-state index contributed by atoms with van der Waals surface area (Å²) in [5, 5.41) is 1.42. The lowest BCUT2D eigenvalue weighted by molar-refractivity contribution is 0.389. The molecule has 6 atom stereocenters. The molecule has 0 N–H and O–H groups in total. The highest BCUT2D eigenvalue weighted by Crippen LogP contribution is 2.55. The van der Waals surface area contributed by atoms with E-state index in [-0.39, 0.29) is 20.7 Å². The fraction of sp³-hybridized carbons (Fsp3) is 1.00. The first-order valence-corrected chi connectivity index (χ1v) is 9.28. The van der Waals surface area contributed by atoms with Gasteiger partial charge in [-0.1, -0.05) is 6.42 Å². The minimum Gasteiger partial charge on any atom is -0.343 e. The van der Waals surface area contributed by atoms with Gasteiger partial charge in [-0.15, -0.1) is 48.8 Å². The smallest absolute Gasteiger partial charge is 0.148 e. The van der Waals surface area contributed by atoms with Crippen molar-refractivity contribution in [2.75, 3.05) is 0 Å². The lowest BCUT2D eigenvalue weighted by atomic mass is 10.00. The summed E-state index contributed by atoms with van der Waals surface area (Å²) >= 11 is 12.7. The van der Waals surface area contributed by atoms with Crippen molar-refractivity contribution in [3.8, 4) is 0 Å². The van der Waals surface area contributed by atoms with Crippen LogP contribution in [-0.4, -0.2) is 31.2 Å². The average molecular weight is 325 g/mol. The van der Waals surface area contributed by atoms with Gasteiger partial charge in [0.25, 0.3) is 0 Å². The topological polar surface area (TPSA) is 25.1 Å². The van der Waals surface area contributed by atoms with Gasteiger partial charge in [-0.3, -0.25) is 0 Å². The SMILES string of the molecule is CC1(SC2CCCC(SC3(C)OC3S)C2)OC1S. The van der Waals surface area contributed by atoms with Crippen LogP contribution in [-0.2, 0) is 9.47 Å². The Morgan fingerprint density at radius 3 is 1.67 bits per heavy atom. The minimum absolute atomic E-state index is 0.0353. The molecule has 2 saturated heterocycles. The Hall–Kier alpha value is 1.32.